The largest absolute Gasteiger partial charge is 0.460 e. The molecule has 31 heavy (non-hydrogen) atoms. The molecule has 0 radical (unpaired) electrons. The number of aromatic amines is 1. The standard InChI is InChI=1S/C24H26N4O3/c1-17-7-8-21(31-17)19-15-20(26-25-19)22(29)28-14-11-24(16-28)10-13-27(23(24)30)12-9-18-5-3-2-4-6-18/h2-8,15H,9-14,16H2,1H3,(H,25,26). The van der Waals surface area contributed by atoms with Crippen LogP contribution in [-0.4, -0.2) is 58.0 Å². The molecule has 2 saturated heterocycles. The summed E-state index contributed by atoms with van der Waals surface area (Å²) in [5.74, 6) is 1.50. The minimum absolute atomic E-state index is 0.141. The van der Waals surface area contributed by atoms with Crippen LogP contribution in [0.2, 0.25) is 0 Å². The Bertz CT molecular complexity index is 1100. The molecule has 2 aliphatic heterocycles. The van der Waals surface area contributed by atoms with Crippen molar-refractivity contribution in [3.8, 4) is 11.5 Å². The van der Waals surface area contributed by atoms with Crippen LogP contribution in [0.3, 0.4) is 0 Å². The van der Waals surface area contributed by atoms with Gasteiger partial charge >= 0.3 is 0 Å². The second kappa shape index (κ2) is 7.72. The topological polar surface area (TPSA) is 82.4 Å². The third-order valence-corrected chi connectivity index (χ3v) is 6.56. The molecule has 0 saturated carbocycles. The highest BCUT2D eigenvalue weighted by Crippen LogP contribution is 2.41. The maximum atomic E-state index is 13.2. The monoisotopic (exact) mass is 418 g/mol. The van der Waals surface area contributed by atoms with E-state index in [0.29, 0.717) is 36.7 Å². The van der Waals surface area contributed by atoms with Crippen molar-refractivity contribution in [1.82, 2.24) is 20.0 Å². The zero-order chi connectivity index (χ0) is 21.4. The normalized spacial score (nSPS) is 20.9. The molecule has 5 rings (SSSR count). The molecule has 1 spiro atoms. The van der Waals surface area contributed by atoms with Crippen LogP contribution in [0.1, 0.15) is 34.7 Å². The zero-order valence-corrected chi connectivity index (χ0v) is 17.6. The first-order valence-electron chi connectivity index (χ1n) is 10.8. The van der Waals surface area contributed by atoms with Crippen LogP contribution in [0.5, 0.6) is 0 Å². The van der Waals surface area contributed by atoms with Gasteiger partial charge in [0.2, 0.25) is 5.91 Å². The summed E-state index contributed by atoms with van der Waals surface area (Å²) in [5.41, 5.74) is 1.83. The Morgan fingerprint density at radius 3 is 2.74 bits per heavy atom. The molecule has 4 heterocycles. The Morgan fingerprint density at radius 2 is 1.97 bits per heavy atom. The van der Waals surface area contributed by atoms with Gasteiger partial charge in [-0.25, -0.2) is 0 Å². The van der Waals surface area contributed by atoms with Gasteiger partial charge in [0.1, 0.15) is 11.5 Å². The number of amides is 2. The average Bonchev–Trinajstić information content (AvgIpc) is 3.57. The van der Waals surface area contributed by atoms with E-state index in [-0.39, 0.29) is 11.8 Å². The molecule has 7 heteroatoms. The van der Waals surface area contributed by atoms with Gasteiger partial charge in [-0.05, 0) is 43.9 Å². The lowest BCUT2D eigenvalue weighted by molar-refractivity contribution is -0.135. The van der Waals surface area contributed by atoms with Gasteiger partial charge in [0, 0.05) is 32.2 Å². The van der Waals surface area contributed by atoms with Crippen molar-refractivity contribution < 1.29 is 14.0 Å². The average molecular weight is 418 g/mol. The summed E-state index contributed by atoms with van der Waals surface area (Å²) in [6, 6.07) is 15.7. The molecule has 160 valence electrons. The lowest BCUT2D eigenvalue weighted by atomic mass is 9.85. The first-order chi connectivity index (χ1) is 15.0. The summed E-state index contributed by atoms with van der Waals surface area (Å²) < 4.78 is 5.60. The van der Waals surface area contributed by atoms with E-state index in [9.17, 15) is 9.59 Å². The SMILES string of the molecule is Cc1ccc(-c2cc(C(=O)N3CCC4(CCN(CCc5ccccc5)C4=O)C3)n[nH]2)o1. The number of hydrogen-bond acceptors (Lipinski definition) is 4. The maximum Gasteiger partial charge on any atom is 0.274 e. The molecule has 3 aromatic rings. The number of aromatic nitrogens is 2. The smallest absolute Gasteiger partial charge is 0.274 e. The highest BCUT2D eigenvalue weighted by Gasteiger charge is 2.51. The number of nitrogens with zero attached hydrogens (tertiary/aromatic N) is 3. The molecule has 0 bridgehead atoms. The molecular weight excluding hydrogens is 392 g/mol. The van der Waals surface area contributed by atoms with Crippen LogP contribution in [0.15, 0.2) is 52.9 Å². The quantitative estimate of drug-likeness (QED) is 0.689. The fourth-order valence-electron chi connectivity index (χ4n) is 4.74. The zero-order valence-electron chi connectivity index (χ0n) is 17.6. The highest BCUT2D eigenvalue weighted by atomic mass is 16.3. The Labute approximate surface area is 181 Å². The van der Waals surface area contributed by atoms with Crippen molar-refractivity contribution in [2.24, 2.45) is 5.41 Å². The summed E-state index contributed by atoms with van der Waals surface area (Å²) in [6.07, 6.45) is 2.38. The van der Waals surface area contributed by atoms with E-state index in [4.69, 9.17) is 4.42 Å². The van der Waals surface area contributed by atoms with Crippen LogP contribution >= 0.6 is 0 Å². The van der Waals surface area contributed by atoms with Crippen LogP contribution in [-0.2, 0) is 11.2 Å². The van der Waals surface area contributed by atoms with Crippen LogP contribution in [0, 0.1) is 12.3 Å². The molecule has 1 aromatic carbocycles. The first-order valence-corrected chi connectivity index (χ1v) is 10.8. The predicted octanol–water partition coefficient (Wildman–Crippen LogP) is 3.29. The number of likely N-dealkylation sites (tertiary alicyclic amines) is 2. The van der Waals surface area contributed by atoms with Crippen molar-refractivity contribution in [3.05, 3.63) is 65.5 Å². The van der Waals surface area contributed by atoms with E-state index in [2.05, 4.69) is 22.3 Å². The Morgan fingerprint density at radius 1 is 1.16 bits per heavy atom. The molecule has 2 amide bonds. The minimum Gasteiger partial charge on any atom is -0.460 e. The third kappa shape index (κ3) is 3.65. The molecule has 1 unspecified atom stereocenters. The molecule has 1 atom stereocenters. The number of benzene rings is 1. The summed E-state index contributed by atoms with van der Waals surface area (Å²) in [5, 5.41) is 7.07. The molecule has 7 nitrogen and oxygen atoms in total. The van der Waals surface area contributed by atoms with Crippen LogP contribution < -0.4 is 0 Å². The van der Waals surface area contributed by atoms with E-state index in [1.54, 1.807) is 11.0 Å². The van der Waals surface area contributed by atoms with Gasteiger partial charge in [-0.15, -0.1) is 0 Å². The van der Waals surface area contributed by atoms with Crippen LogP contribution in [0.25, 0.3) is 11.5 Å². The van der Waals surface area contributed by atoms with Gasteiger partial charge < -0.3 is 14.2 Å². The summed E-state index contributed by atoms with van der Waals surface area (Å²) in [7, 11) is 0. The third-order valence-electron chi connectivity index (χ3n) is 6.56. The lowest BCUT2D eigenvalue weighted by Gasteiger charge is -2.23. The second-order valence-corrected chi connectivity index (χ2v) is 8.61. The number of aryl methyl sites for hydroxylation is 1. The number of carbonyl (C=O) groups is 2. The van der Waals surface area contributed by atoms with E-state index in [0.717, 1.165) is 31.7 Å². The van der Waals surface area contributed by atoms with Crippen molar-refractivity contribution in [2.45, 2.75) is 26.2 Å². The van der Waals surface area contributed by atoms with Gasteiger partial charge in [-0.1, -0.05) is 30.3 Å². The number of H-pyrrole nitrogens is 1. The molecule has 2 aromatic heterocycles. The van der Waals surface area contributed by atoms with Gasteiger partial charge in [0.05, 0.1) is 5.41 Å². The summed E-state index contributed by atoms with van der Waals surface area (Å²) in [4.78, 5) is 30.0. The van der Waals surface area contributed by atoms with E-state index < -0.39 is 5.41 Å². The second-order valence-electron chi connectivity index (χ2n) is 8.61. The highest BCUT2D eigenvalue weighted by molar-refractivity contribution is 5.95. The minimum atomic E-state index is -0.441. The Hall–Kier alpha value is -3.35. The maximum absolute atomic E-state index is 13.2. The first kappa shape index (κ1) is 19.6. The van der Waals surface area contributed by atoms with Crippen LogP contribution in [0.4, 0.5) is 0 Å². The van der Waals surface area contributed by atoms with Gasteiger partial charge in [-0.2, -0.15) is 5.10 Å². The predicted molar refractivity (Wildman–Crippen MR) is 115 cm³/mol. The fourth-order valence-corrected chi connectivity index (χ4v) is 4.74. The number of rotatable bonds is 5. The van der Waals surface area contributed by atoms with E-state index in [1.807, 2.05) is 42.2 Å². The number of hydrogen-bond donors (Lipinski definition) is 1. The van der Waals surface area contributed by atoms with Gasteiger partial charge in [-0.3, -0.25) is 14.7 Å². The number of carbonyl (C=O) groups excluding carboxylic acids is 2. The summed E-state index contributed by atoms with van der Waals surface area (Å²) in [6.45, 7) is 4.41. The summed E-state index contributed by atoms with van der Waals surface area (Å²) >= 11 is 0. The molecular formula is C24H26N4O3. The van der Waals surface area contributed by atoms with Gasteiger partial charge in [0.25, 0.3) is 5.91 Å². The van der Waals surface area contributed by atoms with Crippen molar-refractivity contribution in [2.75, 3.05) is 26.2 Å². The Balaban J connectivity index is 1.23. The number of furan rings is 1. The fraction of sp³-hybridized carbons (Fsp3) is 0.375. The molecule has 0 aliphatic carbocycles. The van der Waals surface area contributed by atoms with E-state index in [1.165, 1.54) is 5.56 Å². The van der Waals surface area contributed by atoms with Gasteiger partial charge in [0.15, 0.2) is 11.5 Å². The molecule has 2 aliphatic rings. The van der Waals surface area contributed by atoms with Crippen molar-refractivity contribution >= 4 is 11.8 Å². The Kier molecular flexibility index (Phi) is 4.88. The number of nitrogens with one attached hydrogen (secondary N) is 1. The van der Waals surface area contributed by atoms with Crippen molar-refractivity contribution in [3.63, 3.8) is 0 Å². The lowest BCUT2D eigenvalue weighted by Crippen LogP contribution is -2.39. The molecule has 1 N–H and O–H groups in total. The van der Waals surface area contributed by atoms with Crippen molar-refractivity contribution in [1.29, 1.82) is 0 Å². The van der Waals surface area contributed by atoms with E-state index >= 15 is 0 Å². The molecule has 2 fully saturated rings.